The van der Waals surface area contributed by atoms with Gasteiger partial charge in [0.25, 0.3) is 0 Å². The van der Waals surface area contributed by atoms with Gasteiger partial charge in [-0.05, 0) is 52.0 Å². The van der Waals surface area contributed by atoms with Crippen molar-refractivity contribution in [3.8, 4) is 0 Å². The first-order valence-electron chi connectivity index (χ1n) is 5.59. The summed E-state index contributed by atoms with van der Waals surface area (Å²) in [4.78, 5) is 5.07. The molecule has 1 saturated heterocycles. The van der Waals surface area contributed by atoms with E-state index >= 15 is 0 Å². The molecule has 0 radical (unpaired) electrons. The first-order valence-corrected chi connectivity index (χ1v) is 5.59. The third kappa shape index (κ3) is 4.63. The molecule has 1 aliphatic rings. The summed E-state index contributed by atoms with van der Waals surface area (Å²) in [5.41, 5.74) is 0. The molecule has 0 unspecified atom stereocenters. The molecule has 0 aromatic heterocycles. The first-order chi connectivity index (χ1) is 6.18. The Kier molecular flexibility index (Phi) is 4.74. The second-order valence-electron chi connectivity index (χ2n) is 4.70. The number of hydrogen-bond acceptors (Lipinski definition) is 2. The maximum atomic E-state index is 2.62. The second kappa shape index (κ2) is 5.61. The van der Waals surface area contributed by atoms with Crippen molar-refractivity contribution < 1.29 is 0 Å². The quantitative estimate of drug-likeness (QED) is 0.644. The van der Waals surface area contributed by atoms with E-state index in [0.29, 0.717) is 0 Å². The van der Waals surface area contributed by atoms with E-state index in [0.717, 1.165) is 5.92 Å². The fourth-order valence-corrected chi connectivity index (χ4v) is 2.05. The molecule has 0 aromatic rings. The molecular weight excluding hydrogens is 160 g/mol. The highest BCUT2D eigenvalue weighted by atomic mass is 15.2. The van der Waals surface area contributed by atoms with Gasteiger partial charge in [0.15, 0.2) is 0 Å². The van der Waals surface area contributed by atoms with Crippen LogP contribution in [0.25, 0.3) is 0 Å². The molecule has 0 aromatic carbocycles. The van der Waals surface area contributed by atoms with Crippen molar-refractivity contribution in [3.05, 3.63) is 0 Å². The van der Waals surface area contributed by atoms with Gasteiger partial charge in [0, 0.05) is 6.54 Å². The van der Waals surface area contributed by atoms with Crippen LogP contribution in [0.1, 0.15) is 26.7 Å². The summed E-state index contributed by atoms with van der Waals surface area (Å²) in [5, 5.41) is 0. The largest absolute Gasteiger partial charge is 0.306 e. The summed E-state index contributed by atoms with van der Waals surface area (Å²) < 4.78 is 0. The maximum Gasteiger partial charge on any atom is 0.000440 e. The normalized spacial score (nSPS) is 23.1. The van der Waals surface area contributed by atoms with Gasteiger partial charge in [0.2, 0.25) is 0 Å². The highest BCUT2D eigenvalue weighted by molar-refractivity contribution is 4.66. The fourth-order valence-electron chi connectivity index (χ4n) is 2.05. The maximum absolute atomic E-state index is 2.62. The molecule has 78 valence electrons. The minimum atomic E-state index is 0.817. The minimum Gasteiger partial charge on any atom is -0.306 e. The summed E-state index contributed by atoms with van der Waals surface area (Å²) >= 11 is 0. The molecule has 13 heavy (non-hydrogen) atoms. The average Bonchev–Trinajstić information content (AvgIpc) is 1.99. The average molecular weight is 184 g/mol. The van der Waals surface area contributed by atoms with Gasteiger partial charge in [0.05, 0.1) is 0 Å². The molecule has 0 saturated carbocycles. The lowest BCUT2D eigenvalue weighted by molar-refractivity contribution is 0.187. The summed E-state index contributed by atoms with van der Waals surface area (Å²) in [6.45, 7) is 11.0. The van der Waals surface area contributed by atoms with Crippen molar-refractivity contribution in [3.63, 3.8) is 0 Å². The third-order valence-electron chi connectivity index (χ3n) is 2.65. The van der Waals surface area contributed by atoms with Crippen LogP contribution in [0.15, 0.2) is 0 Å². The Morgan fingerprint density at radius 1 is 1.00 bits per heavy atom. The van der Waals surface area contributed by atoms with Gasteiger partial charge in [-0.2, -0.15) is 0 Å². The third-order valence-corrected chi connectivity index (χ3v) is 2.65. The van der Waals surface area contributed by atoms with Crippen LogP contribution in [0.3, 0.4) is 0 Å². The van der Waals surface area contributed by atoms with Crippen molar-refractivity contribution in [2.45, 2.75) is 26.7 Å². The van der Waals surface area contributed by atoms with Crippen LogP contribution in [0.5, 0.6) is 0 Å². The molecule has 1 heterocycles. The lowest BCUT2D eigenvalue weighted by Gasteiger charge is -2.29. The minimum absolute atomic E-state index is 0.817. The summed E-state index contributed by atoms with van der Waals surface area (Å²) in [7, 11) is 2.23. The standard InChI is InChI=1S/C11H24N2/c1-11(2)10-13-8-4-6-12(3)7-5-9-13/h11H,4-10H2,1-3H3. The van der Waals surface area contributed by atoms with Crippen LogP contribution in [-0.4, -0.2) is 49.6 Å². The Morgan fingerprint density at radius 2 is 1.54 bits per heavy atom. The van der Waals surface area contributed by atoms with E-state index in [4.69, 9.17) is 0 Å². The molecule has 0 bridgehead atoms. The predicted octanol–water partition coefficient (Wildman–Crippen LogP) is 1.67. The van der Waals surface area contributed by atoms with Gasteiger partial charge in [-0.25, -0.2) is 0 Å². The van der Waals surface area contributed by atoms with E-state index in [-0.39, 0.29) is 0 Å². The van der Waals surface area contributed by atoms with E-state index in [1.165, 1.54) is 45.6 Å². The van der Waals surface area contributed by atoms with E-state index in [9.17, 15) is 0 Å². The molecule has 1 aliphatic heterocycles. The van der Waals surface area contributed by atoms with E-state index in [1.807, 2.05) is 0 Å². The van der Waals surface area contributed by atoms with Gasteiger partial charge in [0.1, 0.15) is 0 Å². The molecule has 0 aliphatic carbocycles. The van der Waals surface area contributed by atoms with Gasteiger partial charge < -0.3 is 9.80 Å². The molecule has 0 N–H and O–H groups in total. The van der Waals surface area contributed by atoms with Gasteiger partial charge in [-0.3, -0.25) is 0 Å². The van der Waals surface area contributed by atoms with Crippen molar-refractivity contribution >= 4 is 0 Å². The van der Waals surface area contributed by atoms with Crippen molar-refractivity contribution in [1.82, 2.24) is 9.80 Å². The number of hydrogen-bond donors (Lipinski definition) is 0. The summed E-state index contributed by atoms with van der Waals surface area (Å²) in [6, 6.07) is 0. The Hall–Kier alpha value is -0.0800. The summed E-state index contributed by atoms with van der Waals surface area (Å²) in [5.74, 6) is 0.817. The molecule has 1 rings (SSSR count). The van der Waals surface area contributed by atoms with Crippen molar-refractivity contribution in [1.29, 1.82) is 0 Å². The highest BCUT2D eigenvalue weighted by Gasteiger charge is 2.10. The number of rotatable bonds is 2. The van der Waals surface area contributed by atoms with Crippen LogP contribution < -0.4 is 0 Å². The first kappa shape index (κ1) is 11.0. The molecule has 1 fully saturated rings. The SMILES string of the molecule is CC(C)CN1CCCN(C)CCC1. The lowest BCUT2D eigenvalue weighted by Crippen LogP contribution is -2.36. The fraction of sp³-hybridized carbons (Fsp3) is 1.00. The molecule has 0 atom stereocenters. The van der Waals surface area contributed by atoms with Gasteiger partial charge >= 0.3 is 0 Å². The van der Waals surface area contributed by atoms with Crippen LogP contribution >= 0.6 is 0 Å². The van der Waals surface area contributed by atoms with Crippen LogP contribution in [0.4, 0.5) is 0 Å². The second-order valence-corrected chi connectivity index (χ2v) is 4.70. The molecule has 2 heteroatoms. The predicted molar refractivity (Wildman–Crippen MR) is 58.0 cm³/mol. The zero-order valence-corrected chi connectivity index (χ0v) is 9.42. The lowest BCUT2D eigenvalue weighted by atomic mass is 10.2. The number of nitrogens with zero attached hydrogens (tertiary/aromatic N) is 2. The van der Waals surface area contributed by atoms with Crippen LogP contribution in [-0.2, 0) is 0 Å². The van der Waals surface area contributed by atoms with Crippen molar-refractivity contribution in [2.24, 2.45) is 5.92 Å². The van der Waals surface area contributed by atoms with E-state index in [1.54, 1.807) is 0 Å². The topological polar surface area (TPSA) is 6.48 Å². The van der Waals surface area contributed by atoms with Gasteiger partial charge in [-0.15, -0.1) is 0 Å². The summed E-state index contributed by atoms with van der Waals surface area (Å²) in [6.07, 6.45) is 2.67. The highest BCUT2D eigenvalue weighted by Crippen LogP contribution is 2.05. The molecule has 2 nitrogen and oxygen atoms in total. The molecule has 0 spiro atoms. The Morgan fingerprint density at radius 3 is 2.00 bits per heavy atom. The zero-order valence-electron chi connectivity index (χ0n) is 9.42. The Labute approximate surface area is 82.9 Å². The van der Waals surface area contributed by atoms with Crippen molar-refractivity contribution in [2.75, 3.05) is 39.8 Å². The molecular formula is C11H24N2. The Bertz CT molecular complexity index is 124. The smallest absolute Gasteiger partial charge is 0.000440 e. The van der Waals surface area contributed by atoms with Gasteiger partial charge in [-0.1, -0.05) is 13.8 Å². The van der Waals surface area contributed by atoms with Crippen LogP contribution in [0.2, 0.25) is 0 Å². The van der Waals surface area contributed by atoms with Crippen LogP contribution in [0, 0.1) is 5.92 Å². The zero-order chi connectivity index (χ0) is 9.68. The molecule has 0 amide bonds. The Balaban J connectivity index is 2.24. The van der Waals surface area contributed by atoms with E-state index < -0.39 is 0 Å². The van der Waals surface area contributed by atoms with E-state index in [2.05, 4.69) is 30.7 Å². The monoisotopic (exact) mass is 184 g/mol.